The lowest BCUT2D eigenvalue weighted by Gasteiger charge is -2.07. The molecule has 0 N–H and O–H groups in total. The lowest BCUT2D eigenvalue weighted by atomic mass is 10.4. The standard InChI is InChI=1S/C4H10OSi.CH3Cl/c1-2-4-6-5-3-1;1-2/h1-4,6H2;1H3. The molecule has 1 saturated heterocycles. The maximum absolute atomic E-state index is 5.21. The summed E-state index contributed by atoms with van der Waals surface area (Å²) in [7, 11) is 0.00849. The molecular formula is C5H13ClOSi. The second kappa shape index (κ2) is 7.47. The molecule has 0 radical (unpaired) electrons. The van der Waals surface area contributed by atoms with E-state index in [0.717, 1.165) is 6.61 Å². The summed E-state index contributed by atoms with van der Waals surface area (Å²) in [4.78, 5) is 0. The van der Waals surface area contributed by atoms with Crippen molar-refractivity contribution in [1.82, 2.24) is 0 Å². The Morgan fingerprint density at radius 2 is 2.12 bits per heavy atom. The zero-order valence-electron chi connectivity index (χ0n) is 5.32. The molecule has 1 heterocycles. The highest BCUT2D eigenvalue weighted by Gasteiger charge is 1.96. The van der Waals surface area contributed by atoms with Gasteiger partial charge in [-0.3, -0.25) is 0 Å². The van der Waals surface area contributed by atoms with E-state index in [1.54, 1.807) is 0 Å². The van der Waals surface area contributed by atoms with E-state index in [4.69, 9.17) is 4.43 Å². The second-order valence-electron chi connectivity index (χ2n) is 1.67. The maximum atomic E-state index is 5.21. The summed E-state index contributed by atoms with van der Waals surface area (Å²) in [5.74, 6) is 0. The van der Waals surface area contributed by atoms with Gasteiger partial charge in [-0.05, 0) is 12.5 Å². The molecule has 0 aromatic rings. The summed E-state index contributed by atoms with van der Waals surface area (Å²) in [5, 5.41) is 0. The van der Waals surface area contributed by atoms with E-state index < -0.39 is 0 Å². The van der Waals surface area contributed by atoms with Crippen LogP contribution in [0.1, 0.15) is 12.8 Å². The number of hydrogen-bond donors (Lipinski definition) is 0. The van der Waals surface area contributed by atoms with E-state index in [-0.39, 0.29) is 9.76 Å². The van der Waals surface area contributed by atoms with Crippen LogP contribution in [-0.2, 0) is 4.43 Å². The third kappa shape index (κ3) is 4.62. The molecule has 0 bridgehead atoms. The van der Waals surface area contributed by atoms with E-state index in [0.29, 0.717) is 0 Å². The molecule has 1 nitrogen and oxygen atoms in total. The highest BCUT2D eigenvalue weighted by Crippen LogP contribution is 2.01. The molecule has 0 unspecified atom stereocenters. The first-order valence-electron chi connectivity index (χ1n) is 2.96. The quantitative estimate of drug-likeness (QED) is 0.374. The van der Waals surface area contributed by atoms with Gasteiger partial charge in [0.05, 0.1) is 0 Å². The van der Waals surface area contributed by atoms with Crippen LogP contribution in [0.5, 0.6) is 0 Å². The molecule has 50 valence electrons. The number of hydrogen-bond acceptors (Lipinski definition) is 1. The molecule has 1 rings (SSSR count). The van der Waals surface area contributed by atoms with Crippen molar-refractivity contribution in [3.05, 3.63) is 0 Å². The Hall–Kier alpha value is 0.467. The van der Waals surface area contributed by atoms with Gasteiger partial charge in [-0.25, -0.2) is 0 Å². The van der Waals surface area contributed by atoms with Crippen molar-refractivity contribution in [1.29, 1.82) is 0 Å². The molecule has 0 amide bonds. The molecule has 1 fully saturated rings. The Morgan fingerprint density at radius 1 is 1.38 bits per heavy atom. The molecular weight excluding hydrogens is 140 g/mol. The molecule has 1 aliphatic rings. The predicted octanol–water partition coefficient (Wildman–Crippen LogP) is 1.15. The number of rotatable bonds is 0. The molecule has 0 spiro atoms. The van der Waals surface area contributed by atoms with Gasteiger partial charge in [-0.15, -0.1) is 11.6 Å². The normalized spacial score (nSPS) is 21.8. The van der Waals surface area contributed by atoms with Crippen LogP contribution in [0.4, 0.5) is 0 Å². The molecule has 1 aliphatic heterocycles. The number of alkyl halides is 1. The zero-order valence-corrected chi connectivity index (χ0v) is 7.49. The molecule has 0 aliphatic carbocycles. The van der Waals surface area contributed by atoms with Crippen LogP contribution in [-0.4, -0.2) is 22.8 Å². The van der Waals surface area contributed by atoms with E-state index in [9.17, 15) is 0 Å². The third-order valence-electron chi connectivity index (χ3n) is 1.08. The van der Waals surface area contributed by atoms with Crippen molar-refractivity contribution in [2.45, 2.75) is 18.9 Å². The van der Waals surface area contributed by atoms with Gasteiger partial charge in [0.1, 0.15) is 0 Å². The van der Waals surface area contributed by atoms with Crippen LogP contribution in [0.25, 0.3) is 0 Å². The van der Waals surface area contributed by atoms with Crippen molar-refractivity contribution in [2.24, 2.45) is 0 Å². The minimum Gasteiger partial charge on any atom is -0.424 e. The van der Waals surface area contributed by atoms with Gasteiger partial charge in [-0.1, -0.05) is 6.42 Å². The summed E-state index contributed by atoms with van der Waals surface area (Å²) >= 11 is 4.64. The fraction of sp³-hybridized carbons (Fsp3) is 1.00. The van der Waals surface area contributed by atoms with Gasteiger partial charge in [0.25, 0.3) is 0 Å². The van der Waals surface area contributed by atoms with Crippen molar-refractivity contribution in [3.63, 3.8) is 0 Å². The smallest absolute Gasteiger partial charge is 0.161 e. The predicted molar refractivity (Wildman–Crippen MR) is 40.3 cm³/mol. The van der Waals surface area contributed by atoms with Crippen LogP contribution >= 0.6 is 11.6 Å². The maximum Gasteiger partial charge on any atom is 0.161 e. The van der Waals surface area contributed by atoms with Gasteiger partial charge in [0, 0.05) is 13.0 Å². The summed E-state index contributed by atoms with van der Waals surface area (Å²) < 4.78 is 5.21. The Balaban J connectivity index is 0.000000222. The second-order valence-corrected chi connectivity index (χ2v) is 3.20. The minimum absolute atomic E-state index is 0.00849. The fourth-order valence-corrected chi connectivity index (χ4v) is 1.86. The molecule has 0 saturated carbocycles. The molecule has 0 aromatic heterocycles. The van der Waals surface area contributed by atoms with Crippen molar-refractivity contribution >= 4 is 21.4 Å². The topological polar surface area (TPSA) is 9.23 Å². The Morgan fingerprint density at radius 3 is 2.25 bits per heavy atom. The van der Waals surface area contributed by atoms with Gasteiger partial charge >= 0.3 is 0 Å². The minimum atomic E-state index is 0.00849. The van der Waals surface area contributed by atoms with Gasteiger partial charge in [0.15, 0.2) is 9.76 Å². The van der Waals surface area contributed by atoms with E-state index in [1.165, 1.54) is 25.3 Å². The highest BCUT2D eigenvalue weighted by atomic mass is 35.5. The van der Waals surface area contributed by atoms with Crippen molar-refractivity contribution in [2.75, 3.05) is 13.0 Å². The van der Waals surface area contributed by atoms with Crippen LogP contribution in [0, 0.1) is 0 Å². The van der Waals surface area contributed by atoms with Crippen LogP contribution in [0.3, 0.4) is 0 Å². The molecule has 0 aromatic carbocycles. The summed E-state index contributed by atoms with van der Waals surface area (Å²) in [6.45, 7) is 1.06. The monoisotopic (exact) mass is 152 g/mol. The van der Waals surface area contributed by atoms with E-state index in [2.05, 4.69) is 11.6 Å². The Kier molecular flexibility index (Phi) is 7.90. The summed E-state index contributed by atoms with van der Waals surface area (Å²) in [6, 6.07) is 1.42. The zero-order chi connectivity index (χ0) is 6.24. The first-order valence-corrected chi connectivity index (χ1v) is 5.29. The average molecular weight is 153 g/mol. The fourth-order valence-electron chi connectivity index (χ4n) is 0.687. The number of halogens is 1. The summed E-state index contributed by atoms with van der Waals surface area (Å²) in [5.41, 5.74) is 0. The van der Waals surface area contributed by atoms with Crippen LogP contribution in [0.2, 0.25) is 6.04 Å². The van der Waals surface area contributed by atoms with E-state index >= 15 is 0 Å². The third-order valence-corrected chi connectivity index (χ3v) is 2.44. The highest BCUT2D eigenvalue weighted by molar-refractivity contribution is 6.27. The SMILES string of the molecule is C1CC[SiH2]OC1.CCl. The van der Waals surface area contributed by atoms with Gasteiger partial charge in [0.2, 0.25) is 0 Å². The molecule has 8 heavy (non-hydrogen) atoms. The Bertz CT molecular complexity index is 27.9. The lowest BCUT2D eigenvalue weighted by Crippen LogP contribution is -2.06. The van der Waals surface area contributed by atoms with E-state index in [1.807, 2.05) is 0 Å². The average Bonchev–Trinajstić information content (AvgIpc) is 1.96. The lowest BCUT2D eigenvalue weighted by molar-refractivity contribution is 0.304. The molecule has 0 atom stereocenters. The largest absolute Gasteiger partial charge is 0.424 e. The van der Waals surface area contributed by atoms with Crippen LogP contribution in [0.15, 0.2) is 0 Å². The first kappa shape index (κ1) is 8.47. The van der Waals surface area contributed by atoms with Crippen LogP contribution < -0.4 is 0 Å². The first-order chi connectivity index (χ1) is 4.00. The Labute approximate surface area is 58.3 Å². The van der Waals surface area contributed by atoms with Crippen molar-refractivity contribution < 1.29 is 4.43 Å². The van der Waals surface area contributed by atoms with Gasteiger partial charge in [-0.2, -0.15) is 0 Å². The van der Waals surface area contributed by atoms with Crippen molar-refractivity contribution in [3.8, 4) is 0 Å². The van der Waals surface area contributed by atoms with Gasteiger partial charge < -0.3 is 4.43 Å². The summed E-state index contributed by atoms with van der Waals surface area (Å²) in [6.07, 6.45) is 4.22. The molecule has 3 heteroatoms.